The minimum Gasteiger partial charge on any atom is -0.461 e. The molecule has 1 aliphatic rings. The Morgan fingerprint density at radius 1 is 1.56 bits per heavy atom. The van der Waals surface area contributed by atoms with Gasteiger partial charge in [-0.2, -0.15) is 0 Å². The maximum atomic E-state index is 11.7. The van der Waals surface area contributed by atoms with Gasteiger partial charge in [0, 0.05) is 0 Å². The third-order valence-electron chi connectivity index (χ3n) is 2.77. The lowest BCUT2D eigenvalue weighted by Crippen LogP contribution is -2.37. The molecule has 1 heterocycles. The van der Waals surface area contributed by atoms with E-state index in [2.05, 4.69) is 4.74 Å². The van der Waals surface area contributed by atoms with Gasteiger partial charge in [0.2, 0.25) is 0 Å². The van der Waals surface area contributed by atoms with Gasteiger partial charge < -0.3 is 14.2 Å². The Labute approximate surface area is 95.0 Å². The fourth-order valence-corrected chi connectivity index (χ4v) is 1.10. The maximum Gasteiger partial charge on any atom is 0.509 e. The summed E-state index contributed by atoms with van der Waals surface area (Å²) in [5.74, 6) is -0.292. The first-order valence-electron chi connectivity index (χ1n) is 5.32. The third-order valence-corrected chi connectivity index (χ3v) is 2.77. The Balaban J connectivity index is 2.46. The molecule has 5 nitrogen and oxygen atoms in total. The van der Waals surface area contributed by atoms with E-state index in [-0.39, 0.29) is 19.2 Å². The zero-order chi connectivity index (χ0) is 12.4. The van der Waals surface area contributed by atoms with Crippen LogP contribution in [0, 0.1) is 5.41 Å². The molecule has 0 spiro atoms. The largest absolute Gasteiger partial charge is 0.509 e. The van der Waals surface area contributed by atoms with E-state index in [0.29, 0.717) is 6.42 Å². The third kappa shape index (κ3) is 2.87. The van der Waals surface area contributed by atoms with E-state index in [0.717, 1.165) is 0 Å². The van der Waals surface area contributed by atoms with Gasteiger partial charge in [-0.1, -0.05) is 6.92 Å². The molecule has 5 heteroatoms. The lowest BCUT2D eigenvalue weighted by Gasteiger charge is -2.24. The van der Waals surface area contributed by atoms with E-state index in [9.17, 15) is 9.59 Å². The summed E-state index contributed by atoms with van der Waals surface area (Å²) in [6.45, 7) is 7.36. The summed E-state index contributed by atoms with van der Waals surface area (Å²) in [6, 6.07) is 0. The second-order valence-electron chi connectivity index (χ2n) is 4.90. The van der Waals surface area contributed by atoms with Crippen molar-refractivity contribution in [2.24, 2.45) is 5.41 Å². The number of carbonyl (C=O) groups excluding carboxylic acids is 2. The van der Waals surface area contributed by atoms with Gasteiger partial charge in [-0.3, -0.25) is 4.79 Å². The molecule has 0 N–H and O–H groups in total. The van der Waals surface area contributed by atoms with Crippen LogP contribution in [0.5, 0.6) is 0 Å². The van der Waals surface area contributed by atoms with Gasteiger partial charge in [0.05, 0.1) is 5.41 Å². The van der Waals surface area contributed by atoms with Crippen LogP contribution in [0.3, 0.4) is 0 Å². The molecule has 0 aromatic carbocycles. The summed E-state index contributed by atoms with van der Waals surface area (Å²) in [5.41, 5.74) is -1.36. The van der Waals surface area contributed by atoms with Crippen molar-refractivity contribution in [3.63, 3.8) is 0 Å². The summed E-state index contributed by atoms with van der Waals surface area (Å²) in [4.78, 5) is 22.4. The molecule has 1 saturated heterocycles. The van der Waals surface area contributed by atoms with Crippen LogP contribution in [0.1, 0.15) is 34.1 Å². The number of hydrogen-bond acceptors (Lipinski definition) is 5. The lowest BCUT2D eigenvalue weighted by molar-refractivity contribution is -0.159. The first kappa shape index (κ1) is 12.8. The van der Waals surface area contributed by atoms with Crippen LogP contribution in [0.25, 0.3) is 0 Å². The minimum absolute atomic E-state index is 0.0288. The molecule has 92 valence electrons. The summed E-state index contributed by atoms with van der Waals surface area (Å²) < 4.78 is 14.7. The van der Waals surface area contributed by atoms with Crippen LogP contribution in [0.4, 0.5) is 4.79 Å². The molecule has 1 atom stereocenters. The molecule has 0 radical (unpaired) electrons. The average Bonchev–Trinajstić information content (AvgIpc) is 2.56. The number of hydrogen-bond donors (Lipinski definition) is 0. The Hall–Kier alpha value is -1.26. The van der Waals surface area contributed by atoms with Crippen LogP contribution in [-0.4, -0.2) is 30.9 Å². The van der Waals surface area contributed by atoms with Gasteiger partial charge in [0.1, 0.15) is 13.2 Å². The van der Waals surface area contributed by atoms with Crippen molar-refractivity contribution in [1.29, 1.82) is 0 Å². The van der Waals surface area contributed by atoms with E-state index in [1.807, 2.05) is 20.8 Å². The van der Waals surface area contributed by atoms with Crippen LogP contribution < -0.4 is 0 Å². The van der Waals surface area contributed by atoms with Crippen LogP contribution >= 0.6 is 0 Å². The second kappa shape index (κ2) is 4.31. The van der Waals surface area contributed by atoms with Crippen molar-refractivity contribution in [3.05, 3.63) is 0 Å². The van der Waals surface area contributed by atoms with E-state index in [4.69, 9.17) is 9.47 Å². The monoisotopic (exact) mass is 230 g/mol. The SMILES string of the molecule is CCC(C)(C)C(=O)OCC1(C)COC(=O)O1. The summed E-state index contributed by atoms with van der Waals surface area (Å²) in [7, 11) is 0. The molecule has 1 unspecified atom stereocenters. The van der Waals surface area contributed by atoms with Gasteiger partial charge in [0.25, 0.3) is 0 Å². The first-order valence-corrected chi connectivity index (χ1v) is 5.32. The molecule has 0 amide bonds. The molecule has 1 fully saturated rings. The van der Waals surface area contributed by atoms with E-state index in [1.54, 1.807) is 6.92 Å². The number of esters is 1. The predicted octanol–water partition coefficient (Wildman–Crippen LogP) is 1.89. The Morgan fingerprint density at radius 2 is 2.19 bits per heavy atom. The average molecular weight is 230 g/mol. The molecule has 0 saturated carbocycles. The number of rotatable bonds is 4. The van der Waals surface area contributed by atoms with Gasteiger partial charge in [-0.05, 0) is 27.2 Å². The summed E-state index contributed by atoms with van der Waals surface area (Å²) in [6.07, 6.45) is -0.0212. The second-order valence-corrected chi connectivity index (χ2v) is 4.90. The van der Waals surface area contributed by atoms with E-state index < -0.39 is 17.2 Å². The molecule has 16 heavy (non-hydrogen) atoms. The van der Waals surface area contributed by atoms with Crippen molar-refractivity contribution >= 4 is 12.1 Å². The summed E-state index contributed by atoms with van der Waals surface area (Å²) in [5, 5.41) is 0. The molecule has 0 aromatic heterocycles. The smallest absolute Gasteiger partial charge is 0.461 e. The maximum absolute atomic E-state index is 11.7. The van der Waals surface area contributed by atoms with Crippen molar-refractivity contribution in [1.82, 2.24) is 0 Å². The van der Waals surface area contributed by atoms with Gasteiger partial charge in [0.15, 0.2) is 5.60 Å². The fraction of sp³-hybridized carbons (Fsp3) is 0.818. The molecule has 1 rings (SSSR count). The van der Waals surface area contributed by atoms with Gasteiger partial charge >= 0.3 is 12.1 Å². The van der Waals surface area contributed by atoms with Gasteiger partial charge in [-0.25, -0.2) is 4.79 Å². The van der Waals surface area contributed by atoms with E-state index in [1.165, 1.54) is 0 Å². The quantitative estimate of drug-likeness (QED) is 0.690. The van der Waals surface area contributed by atoms with Crippen molar-refractivity contribution < 1.29 is 23.8 Å². The standard InChI is InChI=1S/C11H18O5/c1-5-10(2,3)8(12)14-6-11(4)7-15-9(13)16-11/h5-7H2,1-4H3. The Bertz CT molecular complexity index is 297. The topological polar surface area (TPSA) is 61.8 Å². The Morgan fingerprint density at radius 3 is 2.62 bits per heavy atom. The highest BCUT2D eigenvalue weighted by Crippen LogP contribution is 2.24. The molecule has 0 aliphatic carbocycles. The zero-order valence-corrected chi connectivity index (χ0v) is 10.2. The minimum atomic E-state index is -0.851. The van der Waals surface area contributed by atoms with Crippen molar-refractivity contribution in [2.75, 3.05) is 13.2 Å². The highest BCUT2D eigenvalue weighted by Gasteiger charge is 2.40. The number of ether oxygens (including phenoxy) is 3. The van der Waals surface area contributed by atoms with E-state index >= 15 is 0 Å². The van der Waals surface area contributed by atoms with Crippen molar-refractivity contribution in [3.8, 4) is 0 Å². The molecule has 0 bridgehead atoms. The van der Waals surface area contributed by atoms with Crippen LogP contribution in [-0.2, 0) is 19.0 Å². The first-order chi connectivity index (χ1) is 7.29. The molecule has 0 aromatic rings. The molecular formula is C11H18O5. The molecule has 1 aliphatic heterocycles. The predicted molar refractivity (Wildman–Crippen MR) is 55.9 cm³/mol. The normalized spacial score (nSPS) is 24.9. The lowest BCUT2D eigenvalue weighted by atomic mass is 9.90. The highest BCUT2D eigenvalue weighted by molar-refractivity contribution is 5.75. The highest BCUT2D eigenvalue weighted by atomic mass is 16.8. The fourth-order valence-electron chi connectivity index (χ4n) is 1.10. The summed E-state index contributed by atoms with van der Waals surface area (Å²) >= 11 is 0. The van der Waals surface area contributed by atoms with Crippen molar-refractivity contribution in [2.45, 2.75) is 39.7 Å². The number of carbonyl (C=O) groups is 2. The molecular weight excluding hydrogens is 212 g/mol. The van der Waals surface area contributed by atoms with Crippen LogP contribution in [0.15, 0.2) is 0 Å². The Kier molecular flexibility index (Phi) is 3.45. The van der Waals surface area contributed by atoms with Crippen LogP contribution in [0.2, 0.25) is 0 Å². The van der Waals surface area contributed by atoms with Gasteiger partial charge in [-0.15, -0.1) is 0 Å². The zero-order valence-electron chi connectivity index (χ0n) is 10.2. The number of cyclic esters (lactones) is 2.